The van der Waals surface area contributed by atoms with Crippen LogP contribution in [0.1, 0.15) is 20.7 Å². The van der Waals surface area contributed by atoms with E-state index in [1.807, 2.05) is 0 Å². The normalized spacial score (nSPS) is 10.6. The number of amides is 2. The average Bonchev–Trinajstić information content (AvgIpc) is 3.63. The lowest BCUT2D eigenvalue weighted by Crippen LogP contribution is -2.20. The van der Waals surface area contributed by atoms with Crippen LogP contribution in [0.4, 0.5) is 21.6 Å². The fourth-order valence-corrected chi connectivity index (χ4v) is 5.07. The molecule has 0 bridgehead atoms. The molecule has 2 amide bonds. The first-order chi connectivity index (χ1) is 19.3. The molecule has 3 aromatic carbocycles. The highest BCUT2D eigenvalue weighted by atomic mass is 32.1. The fraction of sp³-hybridized carbons (Fsp3) is 0. The van der Waals surface area contributed by atoms with Gasteiger partial charge in [0.25, 0.3) is 23.2 Å². The molecule has 0 atom stereocenters. The monoisotopic (exact) mass is 572 g/mol. The maximum atomic E-state index is 13.1. The van der Waals surface area contributed by atoms with Crippen molar-refractivity contribution < 1.29 is 19.4 Å². The zero-order valence-electron chi connectivity index (χ0n) is 20.1. The highest BCUT2D eigenvalue weighted by Gasteiger charge is 2.19. The molecule has 12 nitrogen and oxygen atoms in total. The molecule has 0 saturated heterocycles. The first-order valence-electron chi connectivity index (χ1n) is 11.4. The summed E-state index contributed by atoms with van der Waals surface area (Å²) in [4.78, 5) is 55.6. The second-order valence-electron chi connectivity index (χ2n) is 8.14. The lowest BCUT2D eigenvalue weighted by atomic mass is 10.1. The molecule has 5 aromatic rings. The molecule has 2 N–H and O–H groups in total. The van der Waals surface area contributed by atoms with Crippen LogP contribution < -0.4 is 10.6 Å². The molecule has 0 unspecified atom stereocenters. The van der Waals surface area contributed by atoms with Gasteiger partial charge in [-0.25, -0.2) is 9.97 Å². The van der Waals surface area contributed by atoms with Gasteiger partial charge in [-0.1, -0.05) is 12.1 Å². The number of thiazole rings is 2. The van der Waals surface area contributed by atoms with Gasteiger partial charge in [-0.05, 0) is 36.4 Å². The highest BCUT2D eigenvalue weighted by molar-refractivity contribution is 7.14. The van der Waals surface area contributed by atoms with Crippen molar-refractivity contribution in [1.29, 1.82) is 0 Å². The van der Waals surface area contributed by atoms with E-state index in [1.54, 1.807) is 47.2 Å². The van der Waals surface area contributed by atoms with E-state index in [0.29, 0.717) is 32.8 Å². The van der Waals surface area contributed by atoms with Crippen LogP contribution in [0.3, 0.4) is 0 Å². The molecule has 5 rings (SSSR count). The van der Waals surface area contributed by atoms with Crippen LogP contribution in [0.25, 0.3) is 22.5 Å². The number of benzene rings is 3. The van der Waals surface area contributed by atoms with E-state index in [4.69, 9.17) is 0 Å². The van der Waals surface area contributed by atoms with E-state index < -0.39 is 21.7 Å². The van der Waals surface area contributed by atoms with Crippen molar-refractivity contribution in [2.24, 2.45) is 0 Å². The molecule has 0 saturated carbocycles. The van der Waals surface area contributed by atoms with Crippen molar-refractivity contribution in [2.45, 2.75) is 0 Å². The molecule has 0 aliphatic carbocycles. The number of hydrogen-bond donors (Lipinski definition) is 2. The van der Waals surface area contributed by atoms with Gasteiger partial charge in [0, 0.05) is 46.2 Å². The van der Waals surface area contributed by atoms with Gasteiger partial charge in [-0.3, -0.25) is 40.5 Å². The summed E-state index contributed by atoms with van der Waals surface area (Å²) in [5, 5.41) is 31.1. The SMILES string of the molecule is O=C(Nc1nc(-c2ccc([N+](=O)[O-])cc2)cs1)c1ccccc1C(=O)Nc1nc(-c2ccc([N+](=O)[O-])cc2)cs1. The van der Waals surface area contributed by atoms with Crippen molar-refractivity contribution in [3.63, 3.8) is 0 Å². The Labute approximate surface area is 233 Å². The summed E-state index contributed by atoms with van der Waals surface area (Å²) >= 11 is 2.35. The van der Waals surface area contributed by atoms with Gasteiger partial charge < -0.3 is 0 Å². The zero-order chi connectivity index (χ0) is 28.2. The Kier molecular flexibility index (Phi) is 7.35. The minimum absolute atomic E-state index is 0.0392. The van der Waals surface area contributed by atoms with Gasteiger partial charge in [-0.15, -0.1) is 22.7 Å². The number of rotatable bonds is 8. The van der Waals surface area contributed by atoms with Crippen LogP contribution in [0.5, 0.6) is 0 Å². The molecule has 0 spiro atoms. The summed E-state index contributed by atoms with van der Waals surface area (Å²) in [6.07, 6.45) is 0. The smallest absolute Gasteiger partial charge is 0.269 e. The van der Waals surface area contributed by atoms with Crippen LogP contribution in [0.15, 0.2) is 83.6 Å². The Morgan fingerprint density at radius 2 is 1.00 bits per heavy atom. The Morgan fingerprint density at radius 3 is 1.35 bits per heavy atom. The maximum Gasteiger partial charge on any atom is 0.269 e. The van der Waals surface area contributed by atoms with E-state index >= 15 is 0 Å². The van der Waals surface area contributed by atoms with Gasteiger partial charge in [0.1, 0.15) is 0 Å². The van der Waals surface area contributed by atoms with E-state index in [2.05, 4.69) is 20.6 Å². The molecule has 2 heterocycles. The summed E-state index contributed by atoms with van der Waals surface area (Å²) in [6, 6.07) is 18.1. The summed E-state index contributed by atoms with van der Waals surface area (Å²) in [7, 11) is 0. The van der Waals surface area contributed by atoms with Gasteiger partial charge >= 0.3 is 0 Å². The largest absolute Gasteiger partial charge is 0.298 e. The number of hydrogen-bond acceptors (Lipinski definition) is 10. The molecule has 0 aliphatic heterocycles. The predicted molar refractivity (Wildman–Crippen MR) is 151 cm³/mol. The van der Waals surface area contributed by atoms with Crippen LogP contribution in [0, 0.1) is 20.2 Å². The summed E-state index contributed by atoms with van der Waals surface area (Å²) < 4.78 is 0. The predicted octanol–water partition coefficient (Wildman–Crippen LogP) is 6.25. The first-order valence-corrected chi connectivity index (χ1v) is 13.2. The van der Waals surface area contributed by atoms with Gasteiger partial charge in [0.15, 0.2) is 10.3 Å². The molecule has 0 fully saturated rings. The average molecular weight is 573 g/mol. The van der Waals surface area contributed by atoms with E-state index in [-0.39, 0.29) is 22.5 Å². The fourth-order valence-electron chi connectivity index (χ4n) is 3.64. The highest BCUT2D eigenvalue weighted by Crippen LogP contribution is 2.29. The third kappa shape index (κ3) is 5.72. The molecule has 0 aliphatic rings. The quantitative estimate of drug-likeness (QED) is 0.162. The molecule has 198 valence electrons. The van der Waals surface area contributed by atoms with Crippen LogP contribution in [-0.2, 0) is 0 Å². The number of carbonyl (C=O) groups is 2. The van der Waals surface area contributed by atoms with Crippen molar-refractivity contribution in [3.05, 3.63) is 115 Å². The van der Waals surface area contributed by atoms with Crippen molar-refractivity contribution in [2.75, 3.05) is 10.6 Å². The van der Waals surface area contributed by atoms with Crippen LogP contribution >= 0.6 is 22.7 Å². The maximum absolute atomic E-state index is 13.1. The number of non-ortho nitro benzene ring substituents is 2. The molecule has 2 aromatic heterocycles. The molecule has 14 heteroatoms. The zero-order valence-corrected chi connectivity index (χ0v) is 21.8. The number of nitro groups is 2. The van der Waals surface area contributed by atoms with Gasteiger partial charge in [-0.2, -0.15) is 0 Å². The lowest BCUT2D eigenvalue weighted by molar-refractivity contribution is -0.385. The topological polar surface area (TPSA) is 170 Å². The van der Waals surface area contributed by atoms with Gasteiger partial charge in [0.2, 0.25) is 0 Å². The molecular weight excluding hydrogens is 556 g/mol. The van der Waals surface area contributed by atoms with Crippen molar-refractivity contribution in [3.8, 4) is 22.5 Å². The Morgan fingerprint density at radius 1 is 0.625 bits per heavy atom. The summed E-state index contributed by atoms with van der Waals surface area (Å²) in [5.41, 5.74) is 2.55. The number of anilines is 2. The summed E-state index contributed by atoms with van der Waals surface area (Å²) in [5.74, 6) is -1.08. The lowest BCUT2D eigenvalue weighted by Gasteiger charge is -2.08. The van der Waals surface area contributed by atoms with E-state index in [0.717, 1.165) is 0 Å². The Hall–Kier alpha value is -5.34. The Balaban J connectivity index is 1.28. The standard InChI is InChI=1S/C26H16N6O6S2/c33-23(29-25-27-21(13-39-25)15-5-9-17(10-6-15)31(35)36)19-3-1-2-4-20(19)24(34)30-26-28-22(14-40-26)16-7-11-18(12-8-16)32(37)38/h1-14H,(H,27,29,33)(H,28,30,34). The molecular formula is C26H16N6O6S2. The second kappa shape index (κ2) is 11.2. The number of nitro benzene ring substituents is 2. The summed E-state index contributed by atoms with van der Waals surface area (Å²) in [6.45, 7) is 0. The minimum Gasteiger partial charge on any atom is -0.298 e. The number of carbonyl (C=O) groups excluding carboxylic acids is 2. The number of aromatic nitrogens is 2. The van der Waals surface area contributed by atoms with Crippen molar-refractivity contribution in [1.82, 2.24) is 9.97 Å². The molecule has 40 heavy (non-hydrogen) atoms. The third-order valence-electron chi connectivity index (χ3n) is 5.61. The van der Waals surface area contributed by atoms with Crippen molar-refractivity contribution >= 4 is 56.1 Å². The van der Waals surface area contributed by atoms with Crippen LogP contribution in [-0.4, -0.2) is 31.6 Å². The van der Waals surface area contributed by atoms with E-state index in [9.17, 15) is 29.8 Å². The van der Waals surface area contributed by atoms with Crippen LogP contribution in [0.2, 0.25) is 0 Å². The Bertz CT molecular complexity index is 1620. The number of nitrogens with one attached hydrogen (secondary N) is 2. The van der Waals surface area contributed by atoms with Gasteiger partial charge in [0.05, 0.1) is 32.4 Å². The number of nitrogens with zero attached hydrogens (tertiary/aromatic N) is 4. The third-order valence-corrected chi connectivity index (χ3v) is 7.13. The second-order valence-corrected chi connectivity index (χ2v) is 9.85. The minimum atomic E-state index is -0.541. The van der Waals surface area contributed by atoms with E-state index in [1.165, 1.54) is 59.1 Å². The molecule has 0 radical (unpaired) electrons. The first kappa shape index (κ1) is 26.3.